The largest absolute Gasteiger partial charge is 0.392 e. The van der Waals surface area contributed by atoms with Crippen LogP contribution in [0, 0.1) is 5.92 Å². The number of rotatable bonds is 2. The zero-order chi connectivity index (χ0) is 14.2. The molecule has 1 heterocycles. The van der Waals surface area contributed by atoms with Gasteiger partial charge in [0.2, 0.25) is 10.0 Å². The molecule has 0 aromatic heterocycles. The topological polar surface area (TPSA) is 78.4 Å². The minimum Gasteiger partial charge on any atom is -0.392 e. The summed E-state index contributed by atoms with van der Waals surface area (Å²) in [6, 6.07) is 5.18. The van der Waals surface area contributed by atoms with E-state index in [0.717, 1.165) is 25.7 Å². The first-order chi connectivity index (χ1) is 9.62. The van der Waals surface area contributed by atoms with Crippen LogP contribution in [-0.4, -0.2) is 19.7 Å². The van der Waals surface area contributed by atoms with Gasteiger partial charge in [-0.1, -0.05) is 31.4 Å². The first kappa shape index (κ1) is 13.9. The molecule has 1 aromatic carbocycles. The second kappa shape index (κ2) is 5.35. The Hall–Kier alpha value is -1.11. The molecule has 1 aromatic rings. The van der Waals surface area contributed by atoms with Crippen molar-refractivity contribution in [2.24, 2.45) is 5.92 Å². The molecule has 1 aliphatic carbocycles. The Balaban J connectivity index is 1.95. The number of aliphatic hydroxyl groups excluding tert-OH is 1. The summed E-state index contributed by atoms with van der Waals surface area (Å²) in [6.07, 6.45) is 5.43. The van der Waals surface area contributed by atoms with Crippen molar-refractivity contribution in [1.82, 2.24) is 4.72 Å². The molecule has 1 fully saturated rings. The third-order valence-corrected chi connectivity index (χ3v) is 5.83. The van der Waals surface area contributed by atoms with E-state index in [9.17, 15) is 13.5 Å². The minimum absolute atomic E-state index is 0.189. The summed E-state index contributed by atoms with van der Waals surface area (Å²) in [7, 11) is -3.56. The molecule has 3 rings (SSSR count). The van der Waals surface area contributed by atoms with Crippen molar-refractivity contribution in [1.29, 1.82) is 0 Å². The van der Waals surface area contributed by atoms with E-state index < -0.39 is 10.0 Å². The monoisotopic (exact) mass is 296 g/mol. The maximum absolute atomic E-state index is 12.4. The Bertz CT molecular complexity index is 594. The molecule has 0 bridgehead atoms. The molecule has 6 heteroatoms. The lowest BCUT2D eigenvalue weighted by Crippen LogP contribution is -2.49. The number of hydrogen-bond acceptors (Lipinski definition) is 4. The maximum atomic E-state index is 12.4. The van der Waals surface area contributed by atoms with Crippen LogP contribution < -0.4 is 10.0 Å². The van der Waals surface area contributed by atoms with Crippen LogP contribution in [0.2, 0.25) is 0 Å². The van der Waals surface area contributed by atoms with Crippen LogP contribution in [0.15, 0.2) is 23.1 Å². The quantitative estimate of drug-likeness (QED) is 0.777. The van der Waals surface area contributed by atoms with Gasteiger partial charge in [0.1, 0.15) is 4.90 Å². The van der Waals surface area contributed by atoms with E-state index in [2.05, 4.69) is 10.0 Å². The predicted molar refractivity (Wildman–Crippen MR) is 76.7 cm³/mol. The van der Waals surface area contributed by atoms with Gasteiger partial charge in [0.05, 0.1) is 18.5 Å². The highest BCUT2D eigenvalue weighted by molar-refractivity contribution is 7.89. The van der Waals surface area contributed by atoms with Gasteiger partial charge < -0.3 is 10.4 Å². The van der Waals surface area contributed by atoms with Crippen molar-refractivity contribution in [2.45, 2.75) is 49.8 Å². The second-order valence-corrected chi connectivity index (χ2v) is 7.24. The molecule has 110 valence electrons. The van der Waals surface area contributed by atoms with E-state index in [1.54, 1.807) is 18.2 Å². The molecule has 1 aliphatic heterocycles. The normalized spacial score (nSPS) is 25.8. The van der Waals surface area contributed by atoms with Crippen LogP contribution in [-0.2, 0) is 16.6 Å². The van der Waals surface area contributed by atoms with Gasteiger partial charge >= 0.3 is 0 Å². The van der Waals surface area contributed by atoms with Gasteiger partial charge in [0.25, 0.3) is 0 Å². The van der Waals surface area contributed by atoms with E-state index in [4.69, 9.17) is 0 Å². The van der Waals surface area contributed by atoms with Crippen LogP contribution in [0.3, 0.4) is 0 Å². The molecule has 20 heavy (non-hydrogen) atoms. The van der Waals surface area contributed by atoms with Crippen molar-refractivity contribution in [2.75, 3.05) is 5.32 Å². The summed E-state index contributed by atoms with van der Waals surface area (Å²) in [5.41, 5.74) is 1.04. The average molecular weight is 296 g/mol. The Morgan fingerprint density at radius 2 is 1.95 bits per heavy atom. The number of benzene rings is 1. The number of nitrogens with one attached hydrogen (secondary N) is 2. The predicted octanol–water partition coefficient (Wildman–Crippen LogP) is 1.79. The Morgan fingerprint density at radius 3 is 2.65 bits per heavy atom. The lowest BCUT2D eigenvalue weighted by molar-refractivity contribution is 0.277. The smallest absolute Gasteiger partial charge is 0.244 e. The number of hydrogen-bond donors (Lipinski definition) is 3. The summed E-state index contributed by atoms with van der Waals surface area (Å²) in [6.45, 7) is -0.278. The first-order valence-electron chi connectivity index (χ1n) is 7.13. The summed E-state index contributed by atoms with van der Waals surface area (Å²) >= 11 is 0. The molecule has 0 saturated heterocycles. The SMILES string of the molecule is O=S1(=O)NC(C2CCCCC2)Nc2cccc(CO)c21. The highest BCUT2D eigenvalue weighted by atomic mass is 32.2. The third-order valence-electron chi connectivity index (χ3n) is 4.25. The van der Waals surface area contributed by atoms with Crippen molar-refractivity contribution in [3.05, 3.63) is 23.8 Å². The molecule has 3 N–H and O–H groups in total. The summed E-state index contributed by atoms with van der Waals surface area (Å²) in [4.78, 5) is 0.189. The fraction of sp³-hybridized carbons (Fsp3) is 0.571. The van der Waals surface area contributed by atoms with Gasteiger partial charge in [-0.2, -0.15) is 4.72 Å². The summed E-state index contributed by atoms with van der Waals surface area (Å²) in [5.74, 6) is 0.337. The highest BCUT2D eigenvalue weighted by Gasteiger charge is 2.35. The van der Waals surface area contributed by atoms with E-state index >= 15 is 0 Å². The Morgan fingerprint density at radius 1 is 1.20 bits per heavy atom. The lowest BCUT2D eigenvalue weighted by atomic mass is 9.87. The molecule has 1 saturated carbocycles. The van der Waals surface area contributed by atoms with Gasteiger partial charge in [0, 0.05) is 0 Å². The van der Waals surface area contributed by atoms with E-state index in [1.165, 1.54) is 6.42 Å². The fourth-order valence-corrected chi connectivity index (χ4v) is 4.84. The molecule has 2 aliphatic rings. The van der Waals surface area contributed by atoms with Crippen LogP contribution in [0.4, 0.5) is 5.69 Å². The van der Waals surface area contributed by atoms with Gasteiger partial charge in [-0.3, -0.25) is 0 Å². The number of aliphatic hydroxyl groups is 1. The van der Waals surface area contributed by atoms with Gasteiger partial charge in [-0.05, 0) is 30.4 Å². The Labute approximate surface area is 119 Å². The van der Waals surface area contributed by atoms with Crippen LogP contribution in [0.5, 0.6) is 0 Å². The maximum Gasteiger partial charge on any atom is 0.244 e. The van der Waals surface area contributed by atoms with Crippen molar-refractivity contribution >= 4 is 15.7 Å². The number of fused-ring (bicyclic) bond motifs is 1. The van der Waals surface area contributed by atoms with E-state index in [1.807, 2.05) is 0 Å². The summed E-state index contributed by atoms with van der Waals surface area (Å²) < 4.78 is 27.6. The standard InChI is InChI=1S/C14H20N2O3S/c17-9-11-7-4-8-12-13(11)20(18,19)16-14(15-12)10-5-2-1-3-6-10/h4,7-8,10,14-17H,1-3,5-6,9H2. The second-order valence-electron chi connectivity index (χ2n) is 5.59. The molecule has 1 atom stereocenters. The molecular formula is C14H20N2O3S. The lowest BCUT2D eigenvalue weighted by Gasteiger charge is -2.36. The molecule has 0 spiro atoms. The zero-order valence-electron chi connectivity index (χ0n) is 11.3. The van der Waals surface area contributed by atoms with Crippen LogP contribution in [0.25, 0.3) is 0 Å². The Kier molecular flexibility index (Phi) is 3.70. The molecule has 0 radical (unpaired) electrons. The van der Waals surface area contributed by atoms with Crippen LogP contribution >= 0.6 is 0 Å². The van der Waals surface area contributed by atoms with Crippen molar-refractivity contribution in [3.63, 3.8) is 0 Å². The van der Waals surface area contributed by atoms with Crippen molar-refractivity contribution in [3.8, 4) is 0 Å². The van der Waals surface area contributed by atoms with E-state index in [0.29, 0.717) is 17.2 Å². The average Bonchev–Trinajstić information content (AvgIpc) is 2.46. The van der Waals surface area contributed by atoms with Gasteiger partial charge in [-0.25, -0.2) is 8.42 Å². The zero-order valence-corrected chi connectivity index (χ0v) is 12.1. The molecule has 1 unspecified atom stereocenters. The van der Waals surface area contributed by atoms with Gasteiger partial charge in [0.15, 0.2) is 0 Å². The molecular weight excluding hydrogens is 276 g/mol. The highest BCUT2D eigenvalue weighted by Crippen LogP contribution is 2.34. The molecule has 5 nitrogen and oxygen atoms in total. The number of anilines is 1. The molecule has 0 amide bonds. The van der Waals surface area contributed by atoms with Crippen molar-refractivity contribution < 1.29 is 13.5 Å². The van der Waals surface area contributed by atoms with Gasteiger partial charge in [-0.15, -0.1) is 0 Å². The first-order valence-corrected chi connectivity index (χ1v) is 8.62. The summed E-state index contributed by atoms with van der Waals surface area (Å²) in [5, 5.41) is 12.6. The van der Waals surface area contributed by atoms with E-state index in [-0.39, 0.29) is 17.7 Å². The minimum atomic E-state index is -3.56. The fourth-order valence-electron chi connectivity index (χ4n) is 3.24. The number of sulfonamides is 1. The third kappa shape index (κ3) is 2.43. The van der Waals surface area contributed by atoms with Crippen LogP contribution in [0.1, 0.15) is 37.7 Å².